The first kappa shape index (κ1) is 19.9. The number of hydrogen-bond acceptors (Lipinski definition) is 2. The van der Waals surface area contributed by atoms with Crippen LogP contribution in [0.4, 0.5) is 0 Å². The fourth-order valence-corrected chi connectivity index (χ4v) is 4.50. The molecule has 0 saturated heterocycles. The Morgan fingerprint density at radius 1 is 0.485 bits per heavy atom. The van der Waals surface area contributed by atoms with E-state index in [0.29, 0.717) is 0 Å². The van der Waals surface area contributed by atoms with Crippen LogP contribution in [0, 0.1) is 0 Å². The van der Waals surface area contributed by atoms with Gasteiger partial charge in [0.1, 0.15) is 0 Å². The molecule has 7 rings (SSSR count). The largest absolute Gasteiger partial charge is 0.355 e. The molecule has 2 N–H and O–H groups in total. The zero-order valence-corrected chi connectivity index (χ0v) is 19.0. The molecule has 8 bridgehead atoms. The van der Waals surface area contributed by atoms with E-state index in [1.807, 2.05) is 12.2 Å². The Labute approximate surface area is 203 Å². The second-order valence-electron chi connectivity index (χ2n) is 8.24. The van der Waals surface area contributed by atoms with Gasteiger partial charge in [-0.3, -0.25) is 0 Å². The van der Waals surface area contributed by atoms with Gasteiger partial charge >= 0.3 is 0 Å². The quantitative estimate of drug-likeness (QED) is 0.214. The van der Waals surface area contributed by atoms with Gasteiger partial charge in [0, 0.05) is 53.6 Å². The summed E-state index contributed by atoms with van der Waals surface area (Å²) >= 11 is 0. The van der Waals surface area contributed by atoms with Crippen LogP contribution >= 0.6 is 0 Å². The Morgan fingerprint density at radius 2 is 0.939 bits per heavy atom. The number of nitrogens with one attached hydrogen (secondary N) is 2. The third-order valence-corrected chi connectivity index (χ3v) is 6.02. The van der Waals surface area contributed by atoms with Crippen LogP contribution in [0.1, 0.15) is 11.4 Å². The Kier molecular flexibility index (Phi) is 4.62. The molecule has 160 valence electrons. The maximum absolute atomic E-state index is 5.04. The molecule has 3 aromatic heterocycles. The van der Waals surface area contributed by atoms with Gasteiger partial charge in [0.2, 0.25) is 0 Å². The molecule has 2 aliphatic heterocycles. The van der Waals surface area contributed by atoms with E-state index >= 15 is 0 Å². The van der Waals surface area contributed by atoms with Gasteiger partial charge in [-0.1, -0.05) is 24.3 Å². The third kappa shape index (κ3) is 3.52. The maximum Gasteiger partial charge on any atom is 0.0737 e. The molecular weight excluding hydrogens is 499 g/mol. The van der Waals surface area contributed by atoms with Crippen LogP contribution in [0.25, 0.3) is 67.5 Å². The van der Waals surface area contributed by atoms with E-state index in [9.17, 15) is 0 Å². The Balaban J connectivity index is 0.00000206. The fourth-order valence-electron chi connectivity index (χ4n) is 4.50. The summed E-state index contributed by atoms with van der Waals surface area (Å²) in [4.78, 5) is 16.7. The van der Waals surface area contributed by atoms with Crippen molar-refractivity contribution in [3.05, 3.63) is 96.3 Å². The summed E-state index contributed by atoms with van der Waals surface area (Å²) in [5.41, 5.74) is 10.2. The van der Waals surface area contributed by atoms with Crippen LogP contribution in [0.3, 0.4) is 0 Å². The minimum atomic E-state index is 0. The van der Waals surface area contributed by atoms with Crippen molar-refractivity contribution in [3.63, 3.8) is 0 Å². The molecule has 5 heterocycles. The summed E-state index contributed by atoms with van der Waals surface area (Å²) in [5.74, 6) is 0. The Hall–Kier alpha value is -3.78. The van der Waals surface area contributed by atoms with E-state index in [0.717, 1.165) is 56.0 Å². The minimum Gasteiger partial charge on any atom is -0.355 e. The van der Waals surface area contributed by atoms with Crippen molar-refractivity contribution in [1.29, 1.82) is 0 Å². The number of H-pyrrole nitrogens is 2. The van der Waals surface area contributed by atoms with Crippen LogP contribution in [-0.2, 0) is 20.4 Å². The van der Waals surface area contributed by atoms with Gasteiger partial charge in [-0.15, -0.1) is 0 Å². The van der Waals surface area contributed by atoms with Crippen molar-refractivity contribution in [2.75, 3.05) is 0 Å². The van der Waals surface area contributed by atoms with Crippen molar-refractivity contribution in [2.24, 2.45) is 0 Å². The standard InChI is InChI=1S/C28H18N4.Pd/c1-2-4-18-12-26-25(11-17(18)3-1)27-15-23-9-7-21(30-23)13-19-5-6-20(29-19)14-22-8-10-24(31-22)16-28(26)32-27;/h1-16,30-31H;. The van der Waals surface area contributed by atoms with Gasteiger partial charge in [0.25, 0.3) is 0 Å². The van der Waals surface area contributed by atoms with Gasteiger partial charge in [0.05, 0.1) is 22.8 Å². The molecule has 33 heavy (non-hydrogen) atoms. The average Bonchev–Trinajstić information content (AvgIpc) is 3.58. The zero-order valence-electron chi connectivity index (χ0n) is 17.4. The van der Waals surface area contributed by atoms with E-state index in [1.165, 1.54) is 10.8 Å². The molecule has 0 saturated carbocycles. The summed E-state index contributed by atoms with van der Waals surface area (Å²) in [5, 5.41) is 2.43. The van der Waals surface area contributed by atoms with Crippen LogP contribution in [-0.4, -0.2) is 19.9 Å². The van der Waals surface area contributed by atoms with Crippen molar-refractivity contribution >= 4 is 45.0 Å². The molecule has 0 radical (unpaired) electrons. The number of benzene rings is 2. The van der Waals surface area contributed by atoms with E-state index in [1.54, 1.807) is 0 Å². The molecule has 5 aromatic rings. The second-order valence-corrected chi connectivity index (χ2v) is 8.24. The summed E-state index contributed by atoms with van der Waals surface area (Å²) in [6.07, 6.45) is 4.07. The molecule has 0 atom stereocenters. The predicted molar refractivity (Wildman–Crippen MR) is 132 cm³/mol. The number of rotatable bonds is 0. The van der Waals surface area contributed by atoms with E-state index in [2.05, 4.69) is 94.9 Å². The fraction of sp³-hybridized carbons (Fsp3) is 0. The molecule has 0 fully saturated rings. The van der Waals surface area contributed by atoms with Crippen molar-refractivity contribution in [2.45, 2.75) is 0 Å². The van der Waals surface area contributed by atoms with Gasteiger partial charge in [-0.2, -0.15) is 0 Å². The zero-order chi connectivity index (χ0) is 21.1. The van der Waals surface area contributed by atoms with Gasteiger partial charge < -0.3 is 9.97 Å². The number of aromatic nitrogens is 4. The topological polar surface area (TPSA) is 57.4 Å². The smallest absolute Gasteiger partial charge is 0.0737 e. The number of nitrogens with zero attached hydrogens (tertiary/aromatic N) is 2. The Bertz CT molecular complexity index is 1620. The van der Waals surface area contributed by atoms with Crippen molar-refractivity contribution < 1.29 is 20.4 Å². The molecule has 0 aliphatic carbocycles. The first-order chi connectivity index (χ1) is 15.8. The van der Waals surface area contributed by atoms with E-state index < -0.39 is 0 Å². The van der Waals surface area contributed by atoms with Crippen molar-refractivity contribution in [1.82, 2.24) is 19.9 Å². The summed E-state index contributed by atoms with van der Waals surface area (Å²) in [6, 6.07) is 29.6. The molecule has 4 nitrogen and oxygen atoms in total. The predicted octanol–water partition coefficient (Wildman–Crippen LogP) is 6.97. The summed E-state index contributed by atoms with van der Waals surface area (Å²) < 4.78 is 0. The molecule has 0 spiro atoms. The van der Waals surface area contributed by atoms with Crippen LogP contribution < -0.4 is 0 Å². The summed E-state index contributed by atoms with van der Waals surface area (Å²) in [6.45, 7) is 0. The molecular formula is C28H18N4Pd. The van der Waals surface area contributed by atoms with Crippen LogP contribution in [0.2, 0.25) is 0 Å². The van der Waals surface area contributed by atoms with Gasteiger partial charge in [-0.25, -0.2) is 9.97 Å². The summed E-state index contributed by atoms with van der Waals surface area (Å²) in [7, 11) is 0. The average molecular weight is 517 g/mol. The number of hydrogen-bond donors (Lipinski definition) is 2. The van der Waals surface area contributed by atoms with Gasteiger partial charge in [-0.05, 0) is 83.6 Å². The number of aromatic amines is 2. The monoisotopic (exact) mass is 516 g/mol. The second kappa shape index (κ2) is 7.67. The minimum absolute atomic E-state index is 0. The normalized spacial score (nSPS) is 11.9. The van der Waals surface area contributed by atoms with Crippen LogP contribution in [0.5, 0.6) is 0 Å². The SMILES string of the molecule is C1=Cc2cc3ccc(cc4nc(cc5ccc(cc1n2)[nH]5)-c1cc2ccccc2cc1-4)[nH]3.[Pd]. The van der Waals surface area contributed by atoms with E-state index in [4.69, 9.17) is 9.97 Å². The van der Waals surface area contributed by atoms with Gasteiger partial charge in [0.15, 0.2) is 0 Å². The third-order valence-electron chi connectivity index (χ3n) is 6.02. The maximum atomic E-state index is 5.04. The molecule has 0 amide bonds. The van der Waals surface area contributed by atoms with Crippen LogP contribution in [0.15, 0.2) is 84.9 Å². The molecule has 0 unspecified atom stereocenters. The van der Waals surface area contributed by atoms with Crippen molar-refractivity contribution in [3.8, 4) is 22.5 Å². The number of fused-ring (bicyclic) bond motifs is 12. The first-order valence-electron chi connectivity index (χ1n) is 10.7. The Morgan fingerprint density at radius 3 is 1.42 bits per heavy atom. The molecule has 5 heteroatoms. The molecule has 2 aromatic carbocycles. The molecule has 2 aliphatic rings. The van der Waals surface area contributed by atoms with E-state index in [-0.39, 0.29) is 20.4 Å². The first-order valence-corrected chi connectivity index (χ1v) is 10.7.